The number of rotatable bonds is 8. The van der Waals surface area contributed by atoms with Crippen LogP contribution in [0.5, 0.6) is 5.75 Å². The summed E-state index contributed by atoms with van der Waals surface area (Å²) in [6, 6.07) is 3.77. The van der Waals surface area contributed by atoms with E-state index in [0.29, 0.717) is 12.5 Å². The Balaban J connectivity index is 1.63. The Hall–Kier alpha value is -2.79. The Bertz CT molecular complexity index is 1060. The number of carbonyl (C=O) groups is 1. The summed E-state index contributed by atoms with van der Waals surface area (Å²) in [4.78, 5) is 23.3. The van der Waals surface area contributed by atoms with E-state index >= 15 is 0 Å². The van der Waals surface area contributed by atoms with Gasteiger partial charge < -0.3 is 20.7 Å². The second kappa shape index (κ2) is 9.56. The summed E-state index contributed by atoms with van der Waals surface area (Å²) in [7, 11) is -1.58. The lowest BCUT2D eigenvalue weighted by molar-refractivity contribution is 0.103. The van der Waals surface area contributed by atoms with Crippen molar-refractivity contribution in [1.82, 2.24) is 14.9 Å². The van der Waals surface area contributed by atoms with Gasteiger partial charge in [-0.3, -0.25) is 4.79 Å². The molecule has 1 aromatic heterocycles. The Morgan fingerprint density at radius 2 is 2.03 bits per heavy atom. The molecule has 1 aliphatic rings. The minimum atomic E-state index is -2.98. The maximum atomic E-state index is 13.6. The number of benzene rings is 1. The molecule has 11 heteroatoms. The standard InChI is InChI=1S/C20H26FN5O4S/c1-30-17-4-3-13(21)11-15(17)18(27)16-12-23-20(25-19(16)22)24-14-5-7-26(8-6-14)9-10-31(2,28)29/h3-4,11-12,14H,5-10H2,1-2H3,(H3,22,23,24,25). The summed E-state index contributed by atoms with van der Waals surface area (Å²) in [5, 5.41) is 3.21. The van der Waals surface area contributed by atoms with Crippen LogP contribution in [0, 0.1) is 5.82 Å². The number of methoxy groups -OCH3 is 1. The number of carbonyl (C=O) groups excluding carboxylic acids is 1. The molecular formula is C20H26FN5O4S. The number of sulfone groups is 1. The van der Waals surface area contributed by atoms with Crippen molar-refractivity contribution >= 4 is 27.4 Å². The number of anilines is 2. The van der Waals surface area contributed by atoms with Crippen LogP contribution < -0.4 is 15.8 Å². The quantitative estimate of drug-likeness (QED) is 0.572. The molecular weight excluding hydrogens is 425 g/mol. The number of nitrogens with zero attached hydrogens (tertiary/aromatic N) is 3. The zero-order chi connectivity index (χ0) is 22.6. The maximum absolute atomic E-state index is 13.6. The third-order valence-electron chi connectivity index (χ3n) is 5.17. The van der Waals surface area contributed by atoms with Gasteiger partial charge in [-0.2, -0.15) is 4.98 Å². The smallest absolute Gasteiger partial charge is 0.224 e. The van der Waals surface area contributed by atoms with Crippen LogP contribution in [0.15, 0.2) is 24.4 Å². The van der Waals surface area contributed by atoms with Gasteiger partial charge in [-0.05, 0) is 31.0 Å². The molecule has 0 unspecified atom stereocenters. The summed E-state index contributed by atoms with van der Waals surface area (Å²) < 4.78 is 41.4. The van der Waals surface area contributed by atoms with Gasteiger partial charge in [0.25, 0.3) is 0 Å². The molecule has 0 saturated carbocycles. The number of hydrogen-bond acceptors (Lipinski definition) is 9. The number of nitrogens with one attached hydrogen (secondary N) is 1. The highest BCUT2D eigenvalue weighted by molar-refractivity contribution is 7.90. The SMILES string of the molecule is COc1ccc(F)cc1C(=O)c1cnc(NC2CCN(CCS(C)(=O)=O)CC2)nc1N. The third kappa shape index (κ3) is 6.11. The van der Waals surface area contributed by atoms with Crippen LogP contribution in [-0.2, 0) is 9.84 Å². The molecule has 0 bridgehead atoms. The average Bonchev–Trinajstić information content (AvgIpc) is 2.72. The molecule has 1 aliphatic heterocycles. The first kappa shape index (κ1) is 22.9. The van der Waals surface area contributed by atoms with E-state index in [1.165, 1.54) is 31.7 Å². The number of hydrogen-bond donors (Lipinski definition) is 2. The molecule has 31 heavy (non-hydrogen) atoms. The molecule has 168 valence electrons. The van der Waals surface area contributed by atoms with Crippen molar-refractivity contribution in [1.29, 1.82) is 0 Å². The lowest BCUT2D eigenvalue weighted by atomic mass is 10.0. The van der Waals surface area contributed by atoms with Crippen LogP contribution in [-0.4, -0.2) is 73.9 Å². The van der Waals surface area contributed by atoms with E-state index in [1.807, 2.05) is 0 Å². The van der Waals surface area contributed by atoms with E-state index in [9.17, 15) is 17.6 Å². The van der Waals surface area contributed by atoms with Crippen LogP contribution in [0.4, 0.5) is 16.2 Å². The summed E-state index contributed by atoms with van der Waals surface area (Å²) in [5.41, 5.74) is 6.09. The number of ketones is 1. The summed E-state index contributed by atoms with van der Waals surface area (Å²) >= 11 is 0. The fourth-order valence-corrected chi connectivity index (χ4v) is 4.01. The number of piperidine rings is 1. The molecule has 0 aliphatic carbocycles. The highest BCUT2D eigenvalue weighted by atomic mass is 32.2. The molecule has 9 nitrogen and oxygen atoms in total. The highest BCUT2D eigenvalue weighted by Gasteiger charge is 2.22. The van der Waals surface area contributed by atoms with Crippen molar-refractivity contribution in [3.8, 4) is 5.75 Å². The summed E-state index contributed by atoms with van der Waals surface area (Å²) in [5.74, 6) is -0.426. The molecule has 1 saturated heterocycles. The first-order valence-corrected chi connectivity index (χ1v) is 11.9. The molecule has 2 heterocycles. The number of aromatic nitrogens is 2. The normalized spacial score (nSPS) is 15.6. The summed E-state index contributed by atoms with van der Waals surface area (Å²) in [6.45, 7) is 2.05. The fourth-order valence-electron chi connectivity index (χ4n) is 3.42. The molecule has 0 atom stereocenters. The fraction of sp³-hybridized carbons (Fsp3) is 0.450. The van der Waals surface area contributed by atoms with Gasteiger partial charge >= 0.3 is 0 Å². The van der Waals surface area contributed by atoms with Gasteiger partial charge in [0.05, 0.1) is 24.0 Å². The molecule has 1 fully saturated rings. The van der Waals surface area contributed by atoms with E-state index in [1.54, 1.807) is 0 Å². The third-order valence-corrected chi connectivity index (χ3v) is 6.09. The van der Waals surface area contributed by atoms with E-state index < -0.39 is 21.4 Å². The van der Waals surface area contributed by atoms with Gasteiger partial charge in [-0.1, -0.05) is 0 Å². The van der Waals surface area contributed by atoms with Gasteiger partial charge in [0, 0.05) is 38.1 Å². The monoisotopic (exact) mass is 451 g/mol. The Labute approximate surface area is 180 Å². The Morgan fingerprint density at radius 1 is 1.32 bits per heavy atom. The van der Waals surface area contributed by atoms with Gasteiger partial charge in [-0.15, -0.1) is 0 Å². The van der Waals surface area contributed by atoms with E-state index in [4.69, 9.17) is 10.5 Å². The average molecular weight is 452 g/mol. The van der Waals surface area contributed by atoms with Crippen LogP contribution >= 0.6 is 0 Å². The van der Waals surface area contributed by atoms with Crippen molar-refractivity contribution in [2.45, 2.75) is 18.9 Å². The first-order chi connectivity index (χ1) is 14.7. The van der Waals surface area contributed by atoms with Crippen LogP contribution in [0.3, 0.4) is 0 Å². The number of nitrogen functional groups attached to an aromatic ring is 1. The summed E-state index contributed by atoms with van der Waals surface area (Å²) in [6.07, 6.45) is 4.16. The van der Waals surface area contributed by atoms with Crippen molar-refractivity contribution in [3.63, 3.8) is 0 Å². The number of likely N-dealkylation sites (tertiary alicyclic amines) is 1. The number of halogens is 1. The Morgan fingerprint density at radius 3 is 2.65 bits per heavy atom. The molecule has 1 aromatic carbocycles. The zero-order valence-electron chi connectivity index (χ0n) is 17.5. The second-order valence-electron chi connectivity index (χ2n) is 7.56. The van der Waals surface area contributed by atoms with E-state index in [0.717, 1.165) is 32.0 Å². The van der Waals surface area contributed by atoms with E-state index in [2.05, 4.69) is 20.2 Å². The molecule has 3 N–H and O–H groups in total. The zero-order valence-corrected chi connectivity index (χ0v) is 18.3. The molecule has 2 aromatic rings. The lowest BCUT2D eigenvalue weighted by Crippen LogP contribution is -2.41. The van der Waals surface area contributed by atoms with Gasteiger partial charge in [-0.25, -0.2) is 17.8 Å². The van der Waals surface area contributed by atoms with Crippen LogP contribution in [0.1, 0.15) is 28.8 Å². The van der Waals surface area contributed by atoms with Crippen LogP contribution in [0.25, 0.3) is 0 Å². The molecule has 0 spiro atoms. The first-order valence-electron chi connectivity index (χ1n) is 9.83. The number of ether oxygens (including phenoxy) is 1. The van der Waals surface area contributed by atoms with Crippen molar-refractivity contribution in [3.05, 3.63) is 41.3 Å². The van der Waals surface area contributed by atoms with Gasteiger partial charge in [0.15, 0.2) is 0 Å². The minimum Gasteiger partial charge on any atom is -0.496 e. The predicted molar refractivity (Wildman–Crippen MR) is 116 cm³/mol. The highest BCUT2D eigenvalue weighted by Crippen LogP contribution is 2.25. The largest absolute Gasteiger partial charge is 0.496 e. The van der Waals surface area contributed by atoms with Crippen molar-refractivity contribution in [2.75, 3.05) is 49.8 Å². The van der Waals surface area contributed by atoms with Crippen LogP contribution in [0.2, 0.25) is 0 Å². The molecule has 0 amide bonds. The van der Waals surface area contributed by atoms with E-state index in [-0.39, 0.29) is 34.5 Å². The topological polar surface area (TPSA) is 128 Å². The minimum absolute atomic E-state index is 0.0144. The van der Waals surface area contributed by atoms with Gasteiger partial charge in [0.1, 0.15) is 27.2 Å². The lowest BCUT2D eigenvalue weighted by Gasteiger charge is -2.32. The van der Waals surface area contributed by atoms with Crippen molar-refractivity contribution in [2.24, 2.45) is 0 Å². The predicted octanol–water partition coefficient (Wildman–Crippen LogP) is 1.36. The maximum Gasteiger partial charge on any atom is 0.224 e. The molecule has 3 rings (SSSR count). The molecule has 0 radical (unpaired) electrons. The van der Waals surface area contributed by atoms with Crippen molar-refractivity contribution < 1.29 is 22.3 Å². The van der Waals surface area contributed by atoms with Gasteiger partial charge in [0.2, 0.25) is 11.7 Å². The second-order valence-corrected chi connectivity index (χ2v) is 9.82. The number of nitrogens with two attached hydrogens (primary N) is 1. The Kier molecular flexibility index (Phi) is 7.06.